The number of hydrogen-bond donors (Lipinski definition) is 2. The SMILES string of the molecule is COc1cc(N2C[C@@H]3COC[C@]3(COCc3ccncc3)C2)ncn1.O=C(O)C(F)(F)F.O=C(O)C(F)(F)F. The van der Waals surface area contributed by atoms with Crippen LogP contribution in [0.3, 0.4) is 0 Å². The number of hydrogen-bond acceptors (Lipinski definition) is 9. The van der Waals surface area contributed by atoms with E-state index in [1.807, 2.05) is 18.2 Å². The summed E-state index contributed by atoms with van der Waals surface area (Å²) in [6.45, 7) is 4.56. The number of halogens is 6. The number of pyridine rings is 1. The number of ether oxygens (including phenoxy) is 3. The second-order valence-corrected chi connectivity index (χ2v) is 8.33. The van der Waals surface area contributed by atoms with E-state index in [0.29, 0.717) is 25.0 Å². The van der Waals surface area contributed by atoms with E-state index in [4.69, 9.17) is 34.0 Å². The van der Waals surface area contributed by atoms with Gasteiger partial charge in [-0.05, 0) is 17.7 Å². The van der Waals surface area contributed by atoms with Crippen LogP contribution in [0.2, 0.25) is 0 Å². The Morgan fingerprint density at radius 1 is 1.10 bits per heavy atom. The maximum atomic E-state index is 10.6. The molecule has 4 rings (SSSR count). The van der Waals surface area contributed by atoms with Gasteiger partial charge in [0.1, 0.15) is 12.1 Å². The van der Waals surface area contributed by atoms with Crippen molar-refractivity contribution in [1.29, 1.82) is 0 Å². The monoisotopic (exact) mass is 570 g/mol. The lowest BCUT2D eigenvalue weighted by molar-refractivity contribution is -0.193. The van der Waals surface area contributed by atoms with Crippen LogP contribution in [0.15, 0.2) is 36.9 Å². The number of fused-ring (bicyclic) bond motifs is 1. The fraction of sp³-hybridized carbons (Fsp3) is 0.500. The first-order chi connectivity index (χ1) is 18.2. The van der Waals surface area contributed by atoms with Crippen molar-refractivity contribution < 1.29 is 60.4 Å². The maximum Gasteiger partial charge on any atom is 0.490 e. The summed E-state index contributed by atoms with van der Waals surface area (Å²) in [5, 5.41) is 14.2. The highest BCUT2D eigenvalue weighted by Crippen LogP contribution is 2.43. The van der Waals surface area contributed by atoms with Crippen molar-refractivity contribution in [2.24, 2.45) is 11.3 Å². The van der Waals surface area contributed by atoms with E-state index in [0.717, 1.165) is 37.7 Å². The molecule has 2 aliphatic rings. The maximum absolute atomic E-state index is 10.6. The first-order valence-corrected chi connectivity index (χ1v) is 10.9. The molecule has 2 N–H and O–H groups in total. The number of aromatic nitrogens is 3. The third-order valence-corrected chi connectivity index (χ3v) is 5.57. The number of carboxylic acid groups (broad SMARTS) is 2. The molecule has 0 spiro atoms. The lowest BCUT2D eigenvalue weighted by Crippen LogP contribution is -2.35. The van der Waals surface area contributed by atoms with E-state index >= 15 is 0 Å². The molecule has 216 valence electrons. The molecule has 2 aliphatic heterocycles. The van der Waals surface area contributed by atoms with E-state index in [1.165, 1.54) is 0 Å². The van der Waals surface area contributed by atoms with Crippen LogP contribution in [0.4, 0.5) is 32.2 Å². The molecule has 2 aromatic heterocycles. The highest BCUT2D eigenvalue weighted by molar-refractivity contribution is 5.73. The van der Waals surface area contributed by atoms with Crippen molar-refractivity contribution in [3.63, 3.8) is 0 Å². The van der Waals surface area contributed by atoms with Gasteiger partial charge in [0.15, 0.2) is 0 Å². The number of alkyl halides is 6. The molecular formula is C22H24F6N4O7. The normalized spacial score (nSPS) is 20.2. The third kappa shape index (κ3) is 9.51. The van der Waals surface area contributed by atoms with Crippen LogP contribution in [-0.2, 0) is 25.7 Å². The predicted molar refractivity (Wildman–Crippen MR) is 119 cm³/mol. The molecule has 0 aliphatic carbocycles. The lowest BCUT2D eigenvalue weighted by Gasteiger charge is -2.27. The Labute approximate surface area is 217 Å². The van der Waals surface area contributed by atoms with Crippen LogP contribution in [0.5, 0.6) is 5.88 Å². The van der Waals surface area contributed by atoms with Crippen molar-refractivity contribution in [3.8, 4) is 5.88 Å². The van der Waals surface area contributed by atoms with Gasteiger partial charge in [0.2, 0.25) is 5.88 Å². The molecule has 4 heterocycles. The molecule has 0 bridgehead atoms. The zero-order chi connectivity index (χ0) is 29.3. The molecule has 2 saturated heterocycles. The van der Waals surface area contributed by atoms with E-state index in [2.05, 4.69) is 19.9 Å². The van der Waals surface area contributed by atoms with Gasteiger partial charge in [-0.2, -0.15) is 26.3 Å². The number of methoxy groups -OCH3 is 1. The van der Waals surface area contributed by atoms with Gasteiger partial charge < -0.3 is 29.3 Å². The number of nitrogens with zero attached hydrogens (tertiary/aromatic N) is 4. The predicted octanol–water partition coefficient (Wildman–Crippen LogP) is 2.82. The summed E-state index contributed by atoms with van der Waals surface area (Å²) in [7, 11) is 1.62. The number of carboxylic acids is 2. The summed E-state index contributed by atoms with van der Waals surface area (Å²) >= 11 is 0. The van der Waals surface area contributed by atoms with Gasteiger partial charge >= 0.3 is 24.3 Å². The molecule has 11 nitrogen and oxygen atoms in total. The summed E-state index contributed by atoms with van der Waals surface area (Å²) in [6, 6.07) is 5.84. The third-order valence-electron chi connectivity index (χ3n) is 5.57. The molecule has 2 fully saturated rings. The molecule has 0 aromatic carbocycles. The topological polar surface area (TPSA) is 144 Å². The van der Waals surface area contributed by atoms with Gasteiger partial charge in [-0.3, -0.25) is 4.98 Å². The van der Waals surface area contributed by atoms with Gasteiger partial charge in [0.05, 0.1) is 33.5 Å². The quantitative estimate of drug-likeness (QED) is 0.495. The molecule has 39 heavy (non-hydrogen) atoms. The second-order valence-electron chi connectivity index (χ2n) is 8.33. The van der Waals surface area contributed by atoms with Crippen LogP contribution in [0.1, 0.15) is 5.56 Å². The van der Waals surface area contributed by atoms with Gasteiger partial charge in [0.25, 0.3) is 0 Å². The Morgan fingerprint density at radius 2 is 1.69 bits per heavy atom. The number of carbonyl (C=O) groups is 2. The molecule has 2 aromatic rings. The molecular weight excluding hydrogens is 546 g/mol. The van der Waals surface area contributed by atoms with E-state index in [-0.39, 0.29) is 5.41 Å². The van der Waals surface area contributed by atoms with Gasteiger partial charge in [-0.15, -0.1) is 0 Å². The smallest absolute Gasteiger partial charge is 0.481 e. The van der Waals surface area contributed by atoms with Gasteiger partial charge in [-0.25, -0.2) is 19.6 Å². The minimum absolute atomic E-state index is 0.0191. The average molecular weight is 570 g/mol. The van der Waals surface area contributed by atoms with Crippen molar-refractivity contribution in [1.82, 2.24) is 15.0 Å². The van der Waals surface area contributed by atoms with E-state index in [9.17, 15) is 26.3 Å². The minimum Gasteiger partial charge on any atom is -0.481 e. The summed E-state index contributed by atoms with van der Waals surface area (Å²) < 4.78 is 80.5. The highest BCUT2D eigenvalue weighted by atomic mass is 19.4. The Hall–Kier alpha value is -3.73. The minimum atomic E-state index is -5.08. The molecule has 17 heteroatoms. The Kier molecular flexibility index (Phi) is 10.8. The zero-order valence-corrected chi connectivity index (χ0v) is 20.3. The molecule has 0 saturated carbocycles. The summed E-state index contributed by atoms with van der Waals surface area (Å²) in [5.74, 6) is -3.58. The molecule has 0 unspecified atom stereocenters. The highest BCUT2D eigenvalue weighted by Gasteiger charge is 2.51. The largest absolute Gasteiger partial charge is 0.490 e. The first-order valence-electron chi connectivity index (χ1n) is 10.9. The second kappa shape index (κ2) is 13.4. The summed E-state index contributed by atoms with van der Waals surface area (Å²) in [6.07, 6.45) is -5.04. The Balaban J connectivity index is 0.000000317. The van der Waals surface area contributed by atoms with Crippen LogP contribution in [0, 0.1) is 11.3 Å². The Bertz CT molecular complexity index is 1070. The van der Waals surface area contributed by atoms with Crippen molar-refractivity contribution in [2.45, 2.75) is 19.0 Å². The standard InChI is InChI=1S/C18H22N4O3.2C2HF3O2/c1-23-17-6-16(20-13-21-17)22-7-15-9-25-12-18(15,10-22)11-24-8-14-2-4-19-5-3-14;2*3-2(4,5)1(6)7/h2-6,13,15H,7-12H2,1H3;2*(H,6,7)/t15-,18-;;/m1../s1. The fourth-order valence-electron chi connectivity index (χ4n) is 3.68. The lowest BCUT2D eigenvalue weighted by atomic mass is 9.82. The number of aliphatic carboxylic acids is 2. The molecule has 0 radical (unpaired) electrons. The summed E-state index contributed by atoms with van der Waals surface area (Å²) in [5.41, 5.74) is 1.16. The van der Waals surface area contributed by atoms with E-state index in [1.54, 1.807) is 25.8 Å². The van der Waals surface area contributed by atoms with Crippen molar-refractivity contribution >= 4 is 17.8 Å². The fourth-order valence-corrected chi connectivity index (χ4v) is 3.68. The van der Waals surface area contributed by atoms with E-state index < -0.39 is 24.3 Å². The molecule has 0 amide bonds. The van der Waals surface area contributed by atoms with Crippen LogP contribution >= 0.6 is 0 Å². The average Bonchev–Trinajstić information content (AvgIpc) is 3.42. The summed E-state index contributed by atoms with van der Waals surface area (Å²) in [4.78, 5) is 32.6. The number of anilines is 1. The first kappa shape index (κ1) is 31.5. The van der Waals surface area contributed by atoms with Gasteiger partial charge in [0, 0.05) is 42.9 Å². The zero-order valence-electron chi connectivity index (χ0n) is 20.3. The van der Waals surface area contributed by atoms with Crippen LogP contribution < -0.4 is 9.64 Å². The van der Waals surface area contributed by atoms with Gasteiger partial charge in [-0.1, -0.05) is 0 Å². The molecule has 2 atom stereocenters. The number of rotatable bonds is 6. The Morgan fingerprint density at radius 3 is 2.23 bits per heavy atom. The van der Waals surface area contributed by atoms with Crippen LogP contribution in [0.25, 0.3) is 0 Å². The van der Waals surface area contributed by atoms with Crippen molar-refractivity contribution in [3.05, 3.63) is 42.5 Å². The van der Waals surface area contributed by atoms with Crippen LogP contribution in [-0.4, -0.2) is 89.5 Å². The van der Waals surface area contributed by atoms with Crippen molar-refractivity contribution in [2.75, 3.05) is 44.9 Å².